The molecule has 3 nitrogen and oxygen atoms in total. The van der Waals surface area contributed by atoms with E-state index in [1.165, 1.54) is 0 Å². The van der Waals surface area contributed by atoms with Gasteiger partial charge in [-0.15, -0.1) is 6.58 Å². The Bertz CT molecular complexity index is 384. The van der Waals surface area contributed by atoms with Crippen molar-refractivity contribution in [2.75, 3.05) is 0 Å². The zero-order valence-electron chi connectivity index (χ0n) is 9.81. The average Bonchev–Trinajstić information content (AvgIpc) is 2.22. The van der Waals surface area contributed by atoms with Gasteiger partial charge in [-0.1, -0.05) is 6.08 Å². The maximum atomic E-state index is 5.71. The maximum absolute atomic E-state index is 5.71. The van der Waals surface area contributed by atoms with Crippen LogP contribution in [-0.4, -0.2) is 12.3 Å². The van der Waals surface area contributed by atoms with Crippen LogP contribution in [0.5, 0.6) is 5.75 Å². The molecule has 0 heterocycles. The van der Waals surface area contributed by atoms with Gasteiger partial charge in [0, 0.05) is 0 Å². The van der Waals surface area contributed by atoms with E-state index < -0.39 is 0 Å². The molecule has 0 amide bonds. The van der Waals surface area contributed by atoms with Crippen molar-refractivity contribution < 1.29 is 4.74 Å². The molecule has 0 unspecified atom stereocenters. The normalized spacial score (nSPS) is 10.9. The van der Waals surface area contributed by atoms with Crippen molar-refractivity contribution in [2.45, 2.75) is 26.4 Å². The fourth-order valence-electron chi connectivity index (χ4n) is 1.45. The van der Waals surface area contributed by atoms with Gasteiger partial charge in [-0.2, -0.15) is 5.10 Å². The van der Waals surface area contributed by atoms with Crippen molar-refractivity contribution in [3.8, 4) is 5.75 Å². The van der Waals surface area contributed by atoms with Crippen molar-refractivity contribution in [1.82, 2.24) is 0 Å². The van der Waals surface area contributed by atoms with Crippen LogP contribution in [0.1, 0.15) is 25.0 Å². The van der Waals surface area contributed by atoms with Crippen molar-refractivity contribution in [3.05, 3.63) is 42.0 Å². The lowest BCUT2D eigenvalue weighted by atomic mass is 10.1. The number of nitrogens with two attached hydrogens (primary N) is 1. The highest BCUT2D eigenvalue weighted by Crippen LogP contribution is 2.21. The first-order valence-electron chi connectivity index (χ1n) is 5.31. The Morgan fingerprint density at radius 1 is 1.50 bits per heavy atom. The number of nitrogens with zero attached hydrogens (tertiary/aromatic N) is 1. The molecule has 86 valence electrons. The summed E-state index contributed by atoms with van der Waals surface area (Å²) >= 11 is 0. The largest absolute Gasteiger partial charge is 0.491 e. The predicted octanol–water partition coefficient (Wildman–Crippen LogP) is 2.49. The molecule has 3 heteroatoms. The van der Waals surface area contributed by atoms with Gasteiger partial charge in [0.1, 0.15) is 5.75 Å². The van der Waals surface area contributed by atoms with E-state index in [1.807, 2.05) is 38.1 Å². The summed E-state index contributed by atoms with van der Waals surface area (Å²) in [5.74, 6) is 6.01. The fourth-order valence-corrected chi connectivity index (χ4v) is 1.45. The van der Waals surface area contributed by atoms with Crippen molar-refractivity contribution in [3.63, 3.8) is 0 Å². The van der Waals surface area contributed by atoms with E-state index in [1.54, 1.807) is 6.21 Å². The van der Waals surface area contributed by atoms with Gasteiger partial charge in [0.25, 0.3) is 0 Å². The van der Waals surface area contributed by atoms with Gasteiger partial charge in [-0.3, -0.25) is 0 Å². The third kappa shape index (κ3) is 3.42. The third-order valence-corrected chi connectivity index (χ3v) is 2.04. The smallest absolute Gasteiger partial charge is 0.123 e. The summed E-state index contributed by atoms with van der Waals surface area (Å²) in [4.78, 5) is 0. The second-order valence-corrected chi connectivity index (χ2v) is 3.80. The lowest BCUT2D eigenvalue weighted by Gasteiger charge is -2.13. The van der Waals surface area contributed by atoms with E-state index in [4.69, 9.17) is 10.6 Å². The van der Waals surface area contributed by atoms with Crippen LogP contribution in [0.25, 0.3) is 0 Å². The summed E-state index contributed by atoms with van der Waals surface area (Å²) in [5.41, 5.74) is 2.07. The molecule has 0 radical (unpaired) electrons. The summed E-state index contributed by atoms with van der Waals surface area (Å²) in [6, 6.07) is 5.88. The summed E-state index contributed by atoms with van der Waals surface area (Å²) in [7, 11) is 0. The number of hydrogen-bond acceptors (Lipinski definition) is 3. The number of allylic oxidation sites excluding steroid dienone is 1. The Labute approximate surface area is 96.6 Å². The van der Waals surface area contributed by atoms with Crippen molar-refractivity contribution >= 4 is 6.21 Å². The minimum absolute atomic E-state index is 0.164. The lowest BCUT2D eigenvalue weighted by Crippen LogP contribution is -2.07. The molecule has 1 aromatic carbocycles. The Hall–Kier alpha value is -1.77. The highest BCUT2D eigenvalue weighted by Gasteiger charge is 2.05. The van der Waals surface area contributed by atoms with E-state index in [-0.39, 0.29) is 6.10 Å². The van der Waals surface area contributed by atoms with Crippen molar-refractivity contribution in [1.29, 1.82) is 0 Å². The first kappa shape index (κ1) is 12.3. The Balaban J connectivity index is 3.03. The molecule has 0 saturated carbocycles. The highest BCUT2D eigenvalue weighted by atomic mass is 16.5. The van der Waals surface area contributed by atoms with E-state index >= 15 is 0 Å². The molecule has 0 aliphatic carbocycles. The average molecular weight is 218 g/mol. The predicted molar refractivity (Wildman–Crippen MR) is 67.9 cm³/mol. The molecule has 16 heavy (non-hydrogen) atoms. The second kappa shape index (κ2) is 5.95. The molecule has 0 aromatic heterocycles. The van der Waals surface area contributed by atoms with Crippen LogP contribution in [0.15, 0.2) is 36.0 Å². The zero-order chi connectivity index (χ0) is 12.0. The van der Waals surface area contributed by atoms with E-state index in [0.29, 0.717) is 0 Å². The molecule has 0 spiro atoms. The van der Waals surface area contributed by atoms with Crippen LogP contribution in [0, 0.1) is 0 Å². The molecule has 2 N–H and O–H groups in total. The van der Waals surface area contributed by atoms with Gasteiger partial charge in [-0.25, -0.2) is 0 Å². The Morgan fingerprint density at radius 2 is 2.25 bits per heavy atom. The molecule has 1 aromatic rings. The van der Waals surface area contributed by atoms with Gasteiger partial charge in [-0.05, 0) is 49.6 Å². The molecule has 0 saturated heterocycles. The molecular formula is C13H18N2O. The topological polar surface area (TPSA) is 47.6 Å². The molecular weight excluding hydrogens is 200 g/mol. The SMILES string of the molecule is C=CCc1cc(C=NN)ccc1OC(C)C. The quantitative estimate of drug-likeness (QED) is 0.357. The highest BCUT2D eigenvalue weighted by molar-refractivity contribution is 5.80. The van der Waals surface area contributed by atoms with Crippen LogP contribution in [0.4, 0.5) is 0 Å². The van der Waals surface area contributed by atoms with Crippen molar-refractivity contribution in [2.24, 2.45) is 10.9 Å². The standard InChI is InChI=1S/C13H18N2O/c1-4-5-12-8-11(9-15-14)6-7-13(12)16-10(2)3/h4,6-10H,1,5,14H2,2-3H3. The van der Waals surface area contributed by atoms with Crippen LogP contribution in [0.3, 0.4) is 0 Å². The van der Waals surface area contributed by atoms with Gasteiger partial charge >= 0.3 is 0 Å². The summed E-state index contributed by atoms with van der Waals surface area (Å²) in [5, 5.41) is 3.51. The minimum atomic E-state index is 0.164. The first-order valence-corrected chi connectivity index (χ1v) is 5.31. The van der Waals surface area contributed by atoms with Crippen LogP contribution >= 0.6 is 0 Å². The molecule has 0 aliphatic heterocycles. The molecule has 0 fully saturated rings. The monoisotopic (exact) mass is 218 g/mol. The van der Waals surface area contributed by atoms with Gasteiger partial charge < -0.3 is 10.6 Å². The summed E-state index contributed by atoms with van der Waals surface area (Å²) in [6.07, 6.45) is 4.41. The number of hydrazone groups is 1. The summed E-state index contributed by atoms with van der Waals surface area (Å²) in [6.45, 7) is 7.75. The van der Waals surface area contributed by atoms with E-state index in [2.05, 4.69) is 11.7 Å². The minimum Gasteiger partial charge on any atom is -0.491 e. The van der Waals surface area contributed by atoms with Crippen LogP contribution in [-0.2, 0) is 6.42 Å². The number of hydrogen-bond donors (Lipinski definition) is 1. The van der Waals surface area contributed by atoms with Gasteiger partial charge in [0.15, 0.2) is 0 Å². The fraction of sp³-hybridized carbons (Fsp3) is 0.308. The molecule has 0 atom stereocenters. The Kier molecular flexibility index (Phi) is 4.58. The van der Waals surface area contributed by atoms with Crippen LogP contribution in [0.2, 0.25) is 0 Å². The third-order valence-electron chi connectivity index (χ3n) is 2.04. The first-order chi connectivity index (χ1) is 7.67. The molecule has 0 aliphatic rings. The second-order valence-electron chi connectivity index (χ2n) is 3.80. The Morgan fingerprint density at radius 3 is 2.81 bits per heavy atom. The lowest BCUT2D eigenvalue weighted by molar-refractivity contribution is 0.240. The van der Waals surface area contributed by atoms with Gasteiger partial charge in [0.2, 0.25) is 0 Å². The molecule has 1 rings (SSSR count). The van der Waals surface area contributed by atoms with E-state index in [0.717, 1.165) is 23.3 Å². The van der Waals surface area contributed by atoms with E-state index in [9.17, 15) is 0 Å². The molecule has 0 bridgehead atoms. The number of benzene rings is 1. The maximum Gasteiger partial charge on any atom is 0.123 e. The zero-order valence-corrected chi connectivity index (χ0v) is 9.81. The number of rotatable bonds is 5. The van der Waals surface area contributed by atoms with Crippen LogP contribution < -0.4 is 10.6 Å². The van der Waals surface area contributed by atoms with Gasteiger partial charge in [0.05, 0.1) is 12.3 Å². The number of ether oxygens (including phenoxy) is 1. The summed E-state index contributed by atoms with van der Waals surface area (Å²) < 4.78 is 5.71.